The molecule has 10 nitrogen and oxygen atoms in total. The van der Waals surface area contributed by atoms with Gasteiger partial charge in [0.1, 0.15) is 15.7 Å². The lowest BCUT2D eigenvalue weighted by Gasteiger charge is -2.30. The Bertz CT molecular complexity index is 1460. The van der Waals surface area contributed by atoms with Crippen LogP contribution in [0.25, 0.3) is 0 Å². The zero-order valence-electron chi connectivity index (χ0n) is 20.2. The zero-order chi connectivity index (χ0) is 26.6. The molecule has 0 bridgehead atoms. The van der Waals surface area contributed by atoms with E-state index in [0.29, 0.717) is 36.6 Å². The van der Waals surface area contributed by atoms with Crippen LogP contribution in [0.4, 0.5) is 11.4 Å². The summed E-state index contributed by atoms with van der Waals surface area (Å²) in [5.74, 6) is -0.0154. The topological polar surface area (TPSA) is 131 Å². The number of rotatable bonds is 9. The first-order valence-corrected chi connectivity index (χ1v) is 15.1. The normalized spacial score (nSPS) is 16.6. The summed E-state index contributed by atoms with van der Waals surface area (Å²) in [5.41, 5.74) is 0.657. The second-order valence-electron chi connectivity index (χ2n) is 8.32. The van der Waals surface area contributed by atoms with Crippen LogP contribution in [0.15, 0.2) is 69.1 Å². The third-order valence-corrected chi connectivity index (χ3v) is 10.5. The SMILES string of the molecule is COc1ccc(NS(=O)(=O)c2ccc(NC(=O)[C@@H]3CCCN(S(=O)(=O)c4cccs4)C3)cc2)c(OC)c1. The van der Waals surface area contributed by atoms with Crippen LogP contribution in [-0.2, 0) is 24.8 Å². The molecule has 2 aromatic carbocycles. The molecule has 0 spiro atoms. The van der Waals surface area contributed by atoms with Gasteiger partial charge in [0.25, 0.3) is 20.0 Å². The Morgan fingerprint density at radius 3 is 2.43 bits per heavy atom. The zero-order valence-corrected chi connectivity index (χ0v) is 22.7. The van der Waals surface area contributed by atoms with Crippen LogP contribution in [0.2, 0.25) is 0 Å². The van der Waals surface area contributed by atoms with Gasteiger partial charge in [0.15, 0.2) is 0 Å². The number of carbonyl (C=O) groups is 1. The molecule has 0 saturated carbocycles. The predicted molar refractivity (Wildman–Crippen MR) is 141 cm³/mol. The van der Waals surface area contributed by atoms with E-state index >= 15 is 0 Å². The van der Waals surface area contributed by atoms with Crippen molar-refractivity contribution in [2.75, 3.05) is 37.3 Å². The van der Waals surface area contributed by atoms with Gasteiger partial charge in [-0.3, -0.25) is 9.52 Å². The molecule has 4 rings (SSSR count). The number of methoxy groups -OCH3 is 2. The molecule has 2 heterocycles. The average molecular weight is 566 g/mol. The summed E-state index contributed by atoms with van der Waals surface area (Å²) in [6, 6.07) is 13.7. The van der Waals surface area contributed by atoms with Gasteiger partial charge >= 0.3 is 0 Å². The van der Waals surface area contributed by atoms with Crippen molar-refractivity contribution in [2.45, 2.75) is 21.9 Å². The molecular weight excluding hydrogens is 538 g/mol. The van der Waals surface area contributed by atoms with Crippen molar-refractivity contribution in [3.8, 4) is 11.5 Å². The first-order valence-electron chi connectivity index (χ1n) is 11.3. The maximum Gasteiger partial charge on any atom is 0.262 e. The molecule has 1 atom stereocenters. The molecule has 198 valence electrons. The molecule has 0 unspecified atom stereocenters. The Hall–Kier alpha value is -3.13. The first kappa shape index (κ1) is 26.9. The van der Waals surface area contributed by atoms with Gasteiger partial charge < -0.3 is 14.8 Å². The van der Waals surface area contributed by atoms with Gasteiger partial charge in [-0.1, -0.05) is 6.07 Å². The Labute approximate surface area is 220 Å². The van der Waals surface area contributed by atoms with E-state index in [1.165, 1.54) is 48.9 Å². The summed E-state index contributed by atoms with van der Waals surface area (Å²) in [7, 11) is -4.64. The second-order valence-corrected chi connectivity index (χ2v) is 13.1. The smallest absolute Gasteiger partial charge is 0.262 e. The highest BCUT2D eigenvalue weighted by molar-refractivity contribution is 7.92. The molecule has 0 radical (unpaired) electrons. The number of piperidine rings is 1. The number of thiophene rings is 1. The van der Waals surface area contributed by atoms with Crippen molar-refractivity contribution in [1.82, 2.24) is 4.31 Å². The Kier molecular flexibility index (Phi) is 8.07. The minimum atomic E-state index is -3.93. The van der Waals surface area contributed by atoms with E-state index in [-0.39, 0.29) is 27.2 Å². The highest BCUT2D eigenvalue weighted by Crippen LogP contribution is 2.31. The summed E-state index contributed by atoms with van der Waals surface area (Å²) in [5, 5.41) is 4.47. The van der Waals surface area contributed by atoms with Crippen LogP contribution >= 0.6 is 11.3 Å². The fourth-order valence-electron chi connectivity index (χ4n) is 3.96. The molecule has 37 heavy (non-hydrogen) atoms. The van der Waals surface area contributed by atoms with Gasteiger partial charge in [-0.05, 0) is 60.7 Å². The molecule has 13 heteroatoms. The number of hydrogen-bond donors (Lipinski definition) is 2. The minimum Gasteiger partial charge on any atom is -0.497 e. The molecule has 1 amide bonds. The first-order chi connectivity index (χ1) is 17.6. The van der Waals surface area contributed by atoms with Gasteiger partial charge in [0.05, 0.1) is 30.7 Å². The molecule has 1 aliphatic heterocycles. The van der Waals surface area contributed by atoms with Crippen LogP contribution < -0.4 is 19.5 Å². The van der Waals surface area contributed by atoms with E-state index in [2.05, 4.69) is 10.0 Å². The number of benzene rings is 2. The van der Waals surface area contributed by atoms with Crippen molar-refractivity contribution in [3.05, 3.63) is 60.0 Å². The van der Waals surface area contributed by atoms with Crippen LogP contribution in [0, 0.1) is 5.92 Å². The molecule has 0 aliphatic carbocycles. The van der Waals surface area contributed by atoms with E-state index in [1.807, 2.05) is 0 Å². The third kappa shape index (κ3) is 6.06. The maximum atomic E-state index is 12.9. The summed E-state index contributed by atoms with van der Waals surface area (Å²) in [4.78, 5) is 12.9. The number of anilines is 2. The molecule has 2 N–H and O–H groups in total. The van der Waals surface area contributed by atoms with Gasteiger partial charge in [0.2, 0.25) is 5.91 Å². The molecule has 1 aliphatic rings. The minimum absolute atomic E-state index is 0.00532. The Morgan fingerprint density at radius 2 is 1.78 bits per heavy atom. The van der Waals surface area contributed by atoms with E-state index in [4.69, 9.17) is 9.47 Å². The number of carbonyl (C=O) groups excluding carboxylic acids is 1. The summed E-state index contributed by atoms with van der Waals surface area (Å²) in [6.07, 6.45) is 1.13. The molecule has 1 aromatic heterocycles. The maximum absolute atomic E-state index is 12.9. The fourth-order valence-corrected chi connectivity index (χ4v) is 7.70. The lowest BCUT2D eigenvalue weighted by atomic mass is 9.99. The van der Waals surface area contributed by atoms with Crippen LogP contribution in [0.1, 0.15) is 12.8 Å². The highest BCUT2D eigenvalue weighted by atomic mass is 32.2. The van der Waals surface area contributed by atoms with Crippen molar-refractivity contribution in [1.29, 1.82) is 0 Å². The Morgan fingerprint density at radius 1 is 1.03 bits per heavy atom. The van der Waals surface area contributed by atoms with E-state index in [0.717, 1.165) is 11.3 Å². The van der Waals surface area contributed by atoms with Crippen LogP contribution in [0.5, 0.6) is 11.5 Å². The number of nitrogens with one attached hydrogen (secondary N) is 2. The number of sulfonamides is 2. The molecular formula is C24H27N3O7S3. The van der Waals surface area contributed by atoms with E-state index in [9.17, 15) is 21.6 Å². The van der Waals surface area contributed by atoms with E-state index in [1.54, 1.807) is 29.6 Å². The van der Waals surface area contributed by atoms with Crippen molar-refractivity contribution < 1.29 is 31.1 Å². The molecule has 3 aromatic rings. The van der Waals surface area contributed by atoms with Gasteiger partial charge in [0, 0.05) is 24.8 Å². The highest BCUT2D eigenvalue weighted by Gasteiger charge is 2.33. The van der Waals surface area contributed by atoms with Gasteiger partial charge in [-0.25, -0.2) is 16.8 Å². The monoisotopic (exact) mass is 565 g/mol. The standard InChI is InChI=1S/C24H27N3O7S3/c1-33-19-9-12-21(22(15-19)34-2)26-36(29,30)20-10-7-18(8-11-20)25-24(28)17-5-3-13-27(16-17)37(31,32)23-6-4-14-35-23/h4,6-12,14-15,17,26H,3,5,13,16H2,1-2H3,(H,25,28)/t17-/m1/s1. The van der Waals surface area contributed by atoms with Crippen molar-refractivity contribution in [3.63, 3.8) is 0 Å². The molecule has 1 saturated heterocycles. The van der Waals surface area contributed by atoms with Gasteiger partial charge in [-0.2, -0.15) is 4.31 Å². The summed E-state index contributed by atoms with van der Waals surface area (Å²) < 4.78 is 65.9. The number of ether oxygens (including phenoxy) is 2. The second kappa shape index (κ2) is 11.1. The van der Waals surface area contributed by atoms with Crippen LogP contribution in [0.3, 0.4) is 0 Å². The summed E-state index contributed by atoms with van der Waals surface area (Å²) >= 11 is 1.15. The lowest BCUT2D eigenvalue weighted by Crippen LogP contribution is -2.43. The average Bonchev–Trinajstić information content (AvgIpc) is 3.45. The third-order valence-electron chi connectivity index (χ3n) is 5.93. The van der Waals surface area contributed by atoms with E-state index < -0.39 is 26.0 Å². The molecule has 1 fully saturated rings. The Balaban J connectivity index is 1.42. The lowest BCUT2D eigenvalue weighted by molar-refractivity contribution is -0.120. The van der Waals surface area contributed by atoms with Crippen molar-refractivity contribution >= 4 is 48.7 Å². The fraction of sp³-hybridized carbons (Fsp3) is 0.292. The number of amides is 1. The number of hydrogen-bond acceptors (Lipinski definition) is 8. The van der Waals surface area contributed by atoms with Gasteiger partial charge in [-0.15, -0.1) is 11.3 Å². The quantitative estimate of drug-likeness (QED) is 0.405. The van der Waals surface area contributed by atoms with Crippen molar-refractivity contribution in [2.24, 2.45) is 5.92 Å². The summed E-state index contributed by atoms with van der Waals surface area (Å²) in [6.45, 7) is 0.453. The number of nitrogens with zero attached hydrogens (tertiary/aromatic N) is 1. The largest absolute Gasteiger partial charge is 0.497 e. The van der Waals surface area contributed by atoms with Crippen LogP contribution in [-0.4, -0.2) is 54.4 Å². The predicted octanol–water partition coefficient (Wildman–Crippen LogP) is 3.61.